The van der Waals surface area contributed by atoms with Crippen LogP contribution in [0.5, 0.6) is 0 Å². The number of allylic oxidation sites excluding steroid dienone is 2. The van der Waals surface area contributed by atoms with E-state index in [2.05, 4.69) is 10.2 Å². The van der Waals surface area contributed by atoms with Crippen molar-refractivity contribution < 1.29 is 23.4 Å². The number of halogens is 2. The minimum absolute atomic E-state index is 0.0240. The van der Waals surface area contributed by atoms with E-state index in [1.54, 1.807) is 6.08 Å². The molecule has 1 heterocycles. The fraction of sp³-hybridized carbons (Fsp3) is 0.350. The summed E-state index contributed by atoms with van der Waals surface area (Å²) in [6.07, 6.45) is 3.21. The molecule has 1 aromatic carbocycles. The first-order valence-corrected chi connectivity index (χ1v) is 9.65. The van der Waals surface area contributed by atoms with Crippen LogP contribution in [-0.4, -0.2) is 51.6 Å². The molecule has 1 aromatic heterocycles. The number of aromatic amines is 1. The zero-order valence-electron chi connectivity index (χ0n) is 17.1. The van der Waals surface area contributed by atoms with E-state index in [1.165, 1.54) is 41.8 Å². The molecule has 1 unspecified atom stereocenters. The average Bonchev–Trinajstić information content (AvgIpc) is 3.08. The lowest BCUT2D eigenvalue weighted by Crippen LogP contribution is -2.22. The van der Waals surface area contributed by atoms with Crippen LogP contribution in [0, 0.1) is 22.3 Å². The molecule has 0 fully saturated rings. The second-order valence-corrected chi connectivity index (χ2v) is 7.17. The van der Waals surface area contributed by atoms with E-state index >= 15 is 0 Å². The number of H-pyrrole nitrogens is 1. The molecule has 162 valence electrons. The third-order valence-electron chi connectivity index (χ3n) is 4.31. The average molecular weight is 438 g/mol. The number of rotatable bonds is 7. The normalized spacial score (nSPS) is 13.3. The molecule has 2 rings (SSSR count). The lowest BCUT2D eigenvalue weighted by Gasteiger charge is -2.13. The Morgan fingerprint density at radius 2 is 2.13 bits per heavy atom. The molecule has 0 aliphatic carbocycles. The maximum atomic E-state index is 14.4. The van der Waals surface area contributed by atoms with Crippen molar-refractivity contribution in [2.75, 3.05) is 20.7 Å². The number of aliphatic hydroxyl groups excluding tert-OH is 1. The molecule has 0 bridgehead atoms. The van der Waals surface area contributed by atoms with Gasteiger partial charge >= 0.3 is 6.09 Å². The van der Waals surface area contributed by atoms with Crippen molar-refractivity contribution in [2.24, 2.45) is 5.92 Å². The molecule has 7 nitrogen and oxygen atoms in total. The highest BCUT2D eigenvalue weighted by Gasteiger charge is 2.21. The van der Waals surface area contributed by atoms with Crippen LogP contribution in [0.25, 0.3) is 11.3 Å². The van der Waals surface area contributed by atoms with Crippen LogP contribution in [0.1, 0.15) is 26.1 Å². The summed E-state index contributed by atoms with van der Waals surface area (Å²) in [4.78, 5) is 12.8. The fourth-order valence-corrected chi connectivity index (χ4v) is 2.70. The predicted octanol–water partition coefficient (Wildman–Crippen LogP) is 4.78. The first kappa shape index (κ1) is 23.3. The molecule has 0 radical (unpaired) electrons. The van der Waals surface area contributed by atoms with Gasteiger partial charge in [-0.1, -0.05) is 32.4 Å². The Morgan fingerprint density at radius 3 is 2.77 bits per heavy atom. The van der Waals surface area contributed by atoms with Crippen LogP contribution in [0.2, 0.25) is 0 Å². The highest BCUT2D eigenvalue weighted by Crippen LogP contribution is 2.27. The number of amides is 1. The molecule has 1 atom stereocenters. The van der Waals surface area contributed by atoms with Crippen molar-refractivity contribution in [3.8, 4) is 5.69 Å². The number of aliphatic hydroxyl groups is 1. The number of hydrogen-bond donors (Lipinski definition) is 2. The van der Waals surface area contributed by atoms with Crippen LogP contribution in [0.4, 0.5) is 13.6 Å². The van der Waals surface area contributed by atoms with Gasteiger partial charge in [-0.3, -0.25) is 9.67 Å². The van der Waals surface area contributed by atoms with Gasteiger partial charge in [-0.2, -0.15) is 5.10 Å². The number of hydrogen-bond acceptors (Lipinski definition) is 5. The number of benzene rings is 1. The monoisotopic (exact) mass is 438 g/mol. The summed E-state index contributed by atoms with van der Waals surface area (Å²) in [7, 11) is 3.07. The van der Waals surface area contributed by atoms with Gasteiger partial charge in [0.15, 0.2) is 22.2 Å². The number of aromatic nitrogens is 3. The quantitative estimate of drug-likeness (QED) is 0.369. The van der Waals surface area contributed by atoms with Crippen LogP contribution in [-0.2, 0) is 4.74 Å². The number of carbonyl (C=O) groups is 1. The number of carbonyl (C=O) groups excluding carboxylic acids is 1. The van der Waals surface area contributed by atoms with Gasteiger partial charge < -0.3 is 14.7 Å². The summed E-state index contributed by atoms with van der Waals surface area (Å²) < 4.78 is 34.5. The summed E-state index contributed by atoms with van der Waals surface area (Å²) in [6, 6.07) is 3.70. The molecule has 0 aliphatic rings. The number of nitrogens with one attached hydrogen (secondary N) is 1. The molecule has 10 heteroatoms. The fourth-order valence-electron chi connectivity index (χ4n) is 2.47. The first-order chi connectivity index (χ1) is 14.2. The molecular weight excluding hydrogens is 414 g/mol. The zero-order chi connectivity index (χ0) is 22.4. The Labute approximate surface area is 178 Å². The summed E-state index contributed by atoms with van der Waals surface area (Å²) >= 11 is 5.21. The van der Waals surface area contributed by atoms with Gasteiger partial charge in [-0.25, -0.2) is 13.6 Å². The van der Waals surface area contributed by atoms with Crippen LogP contribution < -0.4 is 0 Å². The summed E-state index contributed by atoms with van der Waals surface area (Å²) in [5, 5.41) is 17.4. The van der Waals surface area contributed by atoms with Crippen molar-refractivity contribution >= 4 is 23.9 Å². The van der Waals surface area contributed by atoms with Gasteiger partial charge in [-0.05, 0) is 36.3 Å². The SMILES string of the molecule is CCC(C)/C=C(\C(O)=C/COC(=O)N(C)C)c1n[nH]c(=S)n1-c1cccc(F)c1F. The second kappa shape index (κ2) is 10.1. The van der Waals surface area contributed by atoms with Crippen LogP contribution >= 0.6 is 12.2 Å². The number of ether oxygens (including phenoxy) is 1. The van der Waals surface area contributed by atoms with Gasteiger partial charge in [0.05, 0.1) is 11.3 Å². The Balaban J connectivity index is 2.55. The molecule has 30 heavy (non-hydrogen) atoms. The van der Waals surface area contributed by atoms with E-state index in [1.807, 2.05) is 13.8 Å². The van der Waals surface area contributed by atoms with E-state index in [4.69, 9.17) is 17.0 Å². The van der Waals surface area contributed by atoms with E-state index < -0.39 is 17.7 Å². The highest BCUT2D eigenvalue weighted by atomic mass is 32.1. The van der Waals surface area contributed by atoms with Gasteiger partial charge in [0, 0.05) is 14.1 Å². The van der Waals surface area contributed by atoms with Crippen molar-refractivity contribution in [2.45, 2.75) is 20.3 Å². The topological polar surface area (TPSA) is 83.4 Å². The van der Waals surface area contributed by atoms with Gasteiger partial charge in [0.2, 0.25) is 0 Å². The molecule has 1 amide bonds. The first-order valence-electron chi connectivity index (χ1n) is 9.24. The smallest absolute Gasteiger partial charge is 0.409 e. The van der Waals surface area contributed by atoms with Crippen LogP contribution in [0.3, 0.4) is 0 Å². The van der Waals surface area contributed by atoms with Gasteiger partial charge in [-0.15, -0.1) is 0 Å². The molecular formula is C20H24F2N4O3S. The molecule has 0 aliphatic heterocycles. The van der Waals surface area contributed by atoms with E-state index in [0.29, 0.717) is 0 Å². The Kier molecular flexibility index (Phi) is 7.87. The molecule has 0 spiro atoms. The third kappa shape index (κ3) is 5.32. The summed E-state index contributed by atoms with van der Waals surface area (Å²) in [5.41, 5.74) is 0.0897. The maximum absolute atomic E-state index is 14.4. The van der Waals surface area contributed by atoms with Crippen molar-refractivity contribution in [3.63, 3.8) is 0 Å². The highest BCUT2D eigenvalue weighted by molar-refractivity contribution is 7.71. The van der Waals surface area contributed by atoms with Gasteiger partial charge in [0.25, 0.3) is 0 Å². The Hall–Kier alpha value is -3.01. The zero-order valence-corrected chi connectivity index (χ0v) is 18.0. The minimum Gasteiger partial charge on any atom is -0.507 e. The van der Waals surface area contributed by atoms with Gasteiger partial charge in [0.1, 0.15) is 12.4 Å². The molecule has 0 saturated carbocycles. The molecule has 2 aromatic rings. The minimum atomic E-state index is -1.09. The summed E-state index contributed by atoms with van der Waals surface area (Å²) in [6.45, 7) is 3.69. The van der Waals surface area contributed by atoms with Crippen molar-refractivity contribution in [1.29, 1.82) is 0 Å². The predicted molar refractivity (Wildman–Crippen MR) is 112 cm³/mol. The third-order valence-corrected chi connectivity index (χ3v) is 4.58. The summed E-state index contributed by atoms with van der Waals surface area (Å²) in [5.74, 6) is -2.26. The Morgan fingerprint density at radius 1 is 1.43 bits per heavy atom. The maximum Gasteiger partial charge on any atom is 0.409 e. The molecule has 2 N–H and O–H groups in total. The van der Waals surface area contributed by atoms with E-state index in [0.717, 1.165) is 12.5 Å². The standard InChI is InChI=1S/C20H24F2N4O3S/c1-5-12(2)11-13(16(27)9-10-29-20(28)25(3)4)18-23-24-19(30)26(18)15-8-6-7-14(21)17(15)22/h6-9,11-12,27H,5,10H2,1-4H3,(H,24,30)/b13-11+,16-9+. The van der Waals surface area contributed by atoms with E-state index in [9.17, 15) is 18.7 Å². The van der Waals surface area contributed by atoms with Crippen molar-refractivity contribution in [3.05, 3.63) is 58.3 Å². The number of nitrogens with zero attached hydrogens (tertiary/aromatic N) is 3. The van der Waals surface area contributed by atoms with Crippen LogP contribution in [0.15, 0.2) is 36.1 Å². The Bertz CT molecular complexity index is 1030. The lowest BCUT2D eigenvalue weighted by molar-refractivity contribution is 0.129. The second-order valence-electron chi connectivity index (χ2n) is 6.79. The van der Waals surface area contributed by atoms with Crippen molar-refractivity contribution in [1.82, 2.24) is 19.7 Å². The largest absolute Gasteiger partial charge is 0.507 e. The lowest BCUT2D eigenvalue weighted by atomic mass is 10.0. The van der Waals surface area contributed by atoms with E-state index in [-0.39, 0.29) is 40.1 Å². The molecule has 0 saturated heterocycles.